The first-order valence-corrected chi connectivity index (χ1v) is 9.89. The molecule has 1 aliphatic rings. The summed E-state index contributed by atoms with van der Waals surface area (Å²) in [5, 5.41) is 3.70. The third kappa shape index (κ3) is 5.82. The Kier molecular flexibility index (Phi) is 6.88. The van der Waals surface area contributed by atoms with E-state index < -0.39 is 0 Å². The third-order valence-corrected chi connectivity index (χ3v) is 5.26. The highest BCUT2D eigenvalue weighted by molar-refractivity contribution is 9.10. The largest absolute Gasteiger partial charge is 0.489 e. The van der Waals surface area contributed by atoms with Gasteiger partial charge in [0.05, 0.1) is 0 Å². The Labute approximate surface area is 157 Å². The van der Waals surface area contributed by atoms with Gasteiger partial charge >= 0.3 is 0 Å². The van der Waals surface area contributed by atoms with E-state index in [0.717, 1.165) is 27.9 Å². The molecule has 25 heavy (non-hydrogen) atoms. The summed E-state index contributed by atoms with van der Waals surface area (Å²) in [6.07, 6.45) is 7.90. The summed E-state index contributed by atoms with van der Waals surface area (Å²) in [5.74, 6) is 0.661. The van der Waals surface area contributed by atoms with Gasteiger partial charge < -0.3 is 10.1 Å². The molecule has 0 unspecified atom stereocenters. The Morgan fingerprint density at radius 3 is 2.44 bits per heavy atom. The van der Waals surface area contributed by atoms with E-state index in [1.807, 2.05) is 12.1 Å². The summed E-state index contributed by atoms with van der Waals surface area (Å²) in [5.41, 5.74) is 2.12. The monoisotopic (exact) mass is 405 g/mol. The lowest BCUT2D eigenvalue weighted by Crippen LogP contribution is -2.28. The molecule has 0 heterocycles. The molecule has 0 amide bonds. The van der Waals surface area contributed by atoms with Crippen LogP contribution in [0.5, 0.6) is 5.75 Å². The minimum absolute atomic E-state index is 0.222. The lowest BCUT2D eigenvalue weighted by atomic mass is 10.1. The van der Waals surface area contributed by atoms with Crippen molar-refractivity contribution < 1.29 is 9.13 Å². The number of ether oxygens (including phenoxy) is 1. The van der Waals surface area contributed by atoms with Gasteiger partial charge in [0.15, 0.2) is 0 Å². The van der Waals surface area contributed by atoms with E-state index in [9.17, 15) is 4.39 Å². The first-order valence-electron chi connectivity index (χ1n) is 9.10. The van der Waals surface area contributed by atoms with Crippen molar-refractivity contribution in [1.82, 2.24) is 5.32 Å². The fraction of sp³-hybridized carbons (Fsp3) is 0.429. The molecular formula is C21H25BrFNO. The molecule has 2 aromatic carbocycles. The van der Waals surface area contributed by atoms with Crippen molar-refractivity contribution in [2.45, 2.75) is 57.7 Å². The fourth-order valence-electron chi connectivity index (χ4n) is 3.31. The smallest absolute Gasteiger partial charge is 0.124 e. The molecule has 3 rings (SSSR count). The highest BCUT2D eigenvalue weighted by Gasteiger charge is 2.13. The van der Waals surface area contributed by atoms with Crippen molar-refractivity contribution in [1.29, 1.82) is 0 Å². The third-order valence-electron chi connectivity index (χ3n) is 4.77. The van der Waals surface area contributed by atoms with E-state index in [1.54, 1.807) is 12.1 Å². The van der Waals surface area contributed by atoms with E-state index >= 15 is 0 Å². The summed E-state index contributed by atoms with van der Waals surface area (Å²) in [6.45, 7) is 1.25. The van der Waals surface area contributed by atoms with Gasteiger partial charge in [-0.2, -0.15) is 0 Å². The quantitative estimate of drug-likeness (QED) is 0.596. The van der Waals surface area contributed by atoms with Crippen molar-refractivity contribution in [2.24, 2.45) is 0 Å². The molecule has 0 aliphatic heterocycles. The minimum atomic E-state index is -0.222. The number of nitrogens with one attached hydrogen (secondary N) is 1. The van der Waals surface area contributed by atoms with Gasteiger partial charge in [-0.3, -0.25) is 0 Å². The van der Waals surface area contributed by atoms with Crippen LogP contribution >= 0.6 is 15.9 Å². The van der Waals surface area contributed by atoms with Gasteiger partial charge in [0.1, 0.15) is 18.2 Å². The van der Waals surface area contributed by atoms with Gasteiger partial charge in [-0.05, 0) is 48.7 Å². The fourth-order valence-corrected chi connectivity index (χ4v) is 3.71. The molecule has 134 valence electrons. The highest BCUT2D eigenvalue weighted by Crippen LogP contribution is 2.25. The van der Waals surface area contributed by atoms with Crippen LogP contribution in [0.15, 0.2) is 46.9 Å². The SMILES string of the molecule is Fc1ccc(COc2ccc(Br)cc2CNC2CCCCCC2)cc1. The normalized spacial score (nSPS) is 15.8. The van der Waals surface area contributed by atoms with E-state index in [4.69, 9.17) is 4.74 Å². The van der Waals surface area contributed by atoms with Crippen LogP contribution in [0, 0.1) is 5.82 Å². The summed E-state index contributed by atoms with van der Waals surface area (Å²) in [6, 6.07) is 13.2. The molecule has 2 nitrogen and oxygen atoms in total. The second kappa shape index (κ2) is 9.35. The van der Waals surface area contributed by atoms with Crippen LogP contribution in [-0.4, -0.2) is 6.04 Å². The van der Waals surface area contributed by atoms with Crippen molar-refractivity contribution in [3.63, 3.8) is 0 Å². The number of benzene rings is 2. The topological polar surface area (TPSA) is 21.3 Å². The molecule has 2 aromatic rings. The van der Waals surface area contributed by atoms with E-state index in [2.05, 4.69) is 27.3 Å². The number of rotatable bonds is 6. The van der Waals surface area contributed by atoms with Crippen LogP contribution in [0.4, 0.5) is 4.39 Å². The molecule has 1 fully saturated rings. The van der Waals surface area contributed by atoms with Crippen LogP contribution in [0.2, 0.25) is 0 Å². The van der Waals surface area contributed by atoms with Gasteiger partial charge in [0, 0.05) is 22.6 Å². The van der Waals surface area contributed by atoms with Gasteiger partial charge in [0.2, 0.25) is 0 Å². The summed E-state index contributed by atoms with van der Waals surface area (Å²) >= 11 is 3.55. The number of halogens is 2. The van der Waals surface area contributed by atoms with Crippen molar-refractivity contribution in [3.8, 4) is 5.75 Å². The van der Waals surface area contributed by atoms with Crippen LogP contribution in [0.3, 0.4) is 0 Å². The predicted octanol–water partition coefficient (Wildman–Crippen LogP) is 5.98. The van der Waals surface area contributed by atoms with E-state index in [1.165, 1.54) is 50.7 Å². The minimum Gasteiger partial charge on any atom is -0.489 e. The van der Waals surface area contributed by atoms with Gasteiger partial charge in [0.25, 0.3) is 0 Å². The Bertz CT molecular complexity index is 666. The first-order chi connectivity index (χ1) is 12.2. The summed E-state index contributed by atoms with van der Waals surface area (Å²) in [7, 11) is 0. The molecule has 4 heteroatoms. The molecule has 0 spiro atoms. The molecule has 0 bridgehead atoms. The maximum absolute atomic E-state index is 13.0. The standard InChI is InChI=1S/C21H25BrFNO/c22-18-9-12-21(25-15-16-7-10-19(23)11-8-16)17(13-18)14-24-20-5-3-1-2-4-6-20/h7-13,20,24H,1-6,14-15H2. The molecule has 1 saturated carbocycles. The van der Waals surface area contributed by atoms with Gasteiger partial charge in [-0.25, -0.2) is 4.39 Å². The van der Waals surface area contributed by atoms with Crippen LogP contribution < -0.4 is 10.1 Å². The molecule has 0 aromatic heterocycles. The average Bonchev–Trinajstić information content (AvgIpc) is 2.89. The molecule has 1 N–H and O–H groups in total. The van der Waals surface area contributed by atoms with Crippen LogP contribution in [0.1, 0.15) is 49.7 Å². The van der Waals surface area contributed by atoms with E-state index in [-0.39, 0.29) is 5.82 Å². The average molecular weight is 406 g/mol. The molecule has 0 radical (unpaired) electrons. The molecule has 1 aliphatic carbocycles. The Hall–Kier alpha value is -1.39. The van der Waals surface area contributed by atoms with E-state index in [0.29, 0.717) is 12.6 Å². The zero-order chi connectivity index (χ0) is 17.5. The lowest BCUT2D eigenvalue weighted by Gasteiger charge is -2.18. The zero-order valence-corrected chi connectivity index (χ0v) is 16.0. The maximum atomic E-state index is 13.0. The van der Waals surface area contributed by atoms with Crippen LogP contribution in [0.25, 0.3) is 0 Å². The first kappa shape index (κ1) is 18.4. The van der Waals surface area contributed by atoms with Crippen molar-refractivity contribution in [2.75, 3.05) is 0 Å². The zero-order valence-electron chi connectivity index (χ0n) is 14.4. The second-order valence-electron chi connectivity index (χ2n) is 6.74. The Balaban J connectivity index is 1.61. The number of hydrogen-bond acceptors (Lipinski definition) is 2. The van der Waals surface area contributed by atoms with Crippen LogP contribution in [-0.2, 0) is 13.2 Å². The van der Waals surface area contributed by atoms with Crippen molar-refractivity contribution >= 4 is 15.9 Å². The lowest BCUT2D eigenvalue weighted by molar-refractivity contribution is 0.301. The molecular weight excluding hydrogens is 381 g/mol. The summed E-state index contributed by atoms with van der Waals surface area (Å²) < 4.78 is 20.1. The number of hydrogen-bond donors (Lipinski definition) is 1. The highest BCUT2D eigenvalue weighted by atomic mass is 79.9. The second-order valence-corrected chi connectivity index (χ2v) is 7.65. The molecule has 0 saturated heterocycles. The Morgan fingerprint density at radius 2 is 1.72 bits per heavy atom. The van der Waals surface area contributed by atoms with Gasteiger partial charge in [-0.15, -0.1) is 0 Å². The summed E-state index contributed by atoms with van der Waals surface area (Å²) in [4.78, 5) is 0. The molecule has 0 atom stereocenters. The van der Waals surface area contributed by atoms with Gasteiger partial charge in [-0.1, -0.05) is 53.7 Å². The predicted molar refractivity (Wildman–Crippen MR) is 103 cm³/mol. The Morgan fingerprint density at radius 1 is 1.00 bits per heavy atom. The maximum Gasteiger partial charge on any atom is 0.124 e. The van der Waals surface area contributed by atoms with Crippen molar-refractivity contribution in [3.05, 3.63) is 63.9 Å².